The molecule has 3 aliphatic rings. The number of fused-ring (bicyclic) bond motifs is 1. The second kappa shape index (κ2) is 7.64. The van der Waals surface area contributed by atoms with Gasteiger partial charge in [0.15, 0.2) is 15.7 Å². The summed E-state index contributed by atoms with van der Waals surface area (Å²) in [5.74, 6) is 0. The van der Waals surface area contributed by atoms with Crippen LogP contribution in [0.5, 0.6) is 0 Å². The van der Waals surface area contributed by atoms with Gasteiger partial charge in [-0.3, -0.25) is 4.40 Å². The van der Waals surface area contributed by atoms with Crippen LogP contribution in [0.15, 0.2) is 23.4 Å². The first-order chi connectivity index (χ1) is 16.2. The van der Waals surface area contributed by atoms with Crippen molar-refractivity contribution in [2.24, 2.45) is 5.41 Å². The van der Waals surface area contributed by atoms with Crippen LogP contribution in [0.1, 0.15) is 44.0 Å². The van der Waals surface area contributed by atoms with Crippen LogP contribution in [0.2, 0.25) is 0 Å². The molecule has 1 N–H and O–H groups in total. The van der Waals surface area contributed by atoms with Crippen LogP contribution in [0.3, 0.4) is 0 Å². The Hall–Kier alpha value is -2.22. The number of rotatable bonds is 6. The predicted molar refractivity (Wildman–Crippen MR) is 122 cm³/mol. The molecule has 5 heterocycles. The summed E-state index contributed by atoms with van der Waals surface area (Å²) < 4.78 is 62.6. The highest BCUT2D eigenvalue weighted by atomic mass is 32.2. The zero-order chi connectivity index (χ0) is 23.7. The Morgan fingerprint density at radius 3 is 2.50 bits per heavy atom. The van der Waals surface area contributed by atoms with Crippen molar-refractivity contribution in [1.82, 2.24) is 24.3 Å². The first kappa shape index (κ1) is 22.3. The van der Waals surface area contributed by atoms with Crippen LogP contribution in [0.4, 0.5) is 14.5 Å². The molecule has 0 aromatic carbocycles. The Balaban J connectivity index is 1.45. The van der Waals surface area contributed by atoms with E-state index in [2.05, 4.69) is 24.8 Å². The van der Waals surface area contributed by atoms with Crippen molar-refractivity contribution in [3.63, 3.8) is 0 Å². The fourth-order valence-electron chi connectivity index (χ4n) is 4.58. The molecule has 182 valence electrons. The molecule has 3 aromatic heterocycles. The number of aromatic nitrogens is 4. The quantitative estimate of drug-likeness (QED) is 0.543. The van der Waals surface area contributed by atoms with Crippen molar-refractivity contribution in [3.05, 3.63) is 23.5 Å². The van der Waals surface area contributed by atoms with E-state index >= 15 is 0 Å². The summed E-state index contributed by atoms with van der Waals surface area (Å²) >= 11 is 0.773. The zero-order valence-electron chi connectivity index (χ0n) is 18.5. The number of imidazole rings is 1. The third-order valence-electron chi connectivity index (χ3n) is 7.08. The minimum absolute atomic E-state index is 0.105. The molecule has 0 unspecified atom stereocenters. The summed E-state index contributed by atoms with van der Waals surface area (Å²) in [5.41, 5.74) is 1.47. The number of sulfonamides is 1. The second-order valence-electron chi connectivity index (χ2n) is 9.79. The van der Waals surface area contributed by atoms with E-state index in [0.717, 1.165) is 63.3 Å². The van der Waals surface area contributed by atoms with Crippen molar-refractivity contribution >= 4 is 32.7 Å². The number of pyridine rings is 1. The minimum Gasteiger partial charge on any atom is -0.380 e. The third-order valence-corrected chi connectivity index (χ3v) is 9.64. The lowest BCUT2D eigenvalue weighted by Gasteiger charge is -2.47. The molecule has 6 rings (SSSR count). The molecule has 1 saturated carbocycles. The molecule has 13 heteroatoms. The van der Waals surface area contributed by atoms with E-state index in [1.165, 1.54) is 12.4 Å². The summed E-state index contributed by atoms with van der Waals surface area (Å²) in [5, 5.41) is 7.35. The molecular formula is C21H24F2N6O3S2. The van der Waals surface area contributed by atoms with Crippen LogP contribution in [-0.4, -0.2) is 59.8 Å². The fourth-order valence-corrected chi connectivity index (χ4v) is 6.77. The normalized spacial score (nSPS) is 21.4. The lowest BCUT2D eigenvalue weighted by atomic mass is 9.77. The topological polar surface area (TPSA) is 102 Å². The van der Waals surface area contributed by atoms with E-state index in [9.17, 15) is 17.2 Å². The average molecular weight is 511 g/mol. The van der Waals surface area contributed by atoms with Gasteiger partial charge in [-0.1, -0.05) is 11.3 Å². The Bertz CT molecular complexity index is 1350. The number of hydrogen-bond donors (Lipinski definition) is 1. The van der Waals surface area contributed by atoms with Crippen molar-refractivity contribution in [2.45, 2.75) is 49.5 Å². The van der Waals surface area contributed by atoms with Crippen molar-refractivity contribution in [1.29, 1.82) is 0 Å². The summed E-state index contributed by atoms with van der Waals surface area (Å²) in [7, 11) is -3.81. The number of hydrogen-bond acceptors (Lipinski definition) is 8. The van der Waals surface area contributed by atoms with Gasteiger partial charge in [0.2, 0.25) is 10.0 Å². The first-order valence-electron chi connectivity index (χ1n) is 11.2. The Morgan fingerprint density at radius 1 is 1.18 bits per heavy atom. The van der Waals surface area contributed by atoms with Gasteiger partial charge in [0.1, 0.15) is 10.6 Å². The molecule has 1 aliphatic carbocycles. The zero-order valence-corrected chi connectivity index (χ0v) is 20.1. The maximum atomic E-state index is 13.3. The van der Waals surface area contributed by atoms with Crippen LogP contribution in [0.25, 0.3) is 16.3 Å². The molecular weight excluding hydrogens is 486 g/mol. The Morgan fingerprint density at radius 2 is 1.91 bits per heavy atom. The van der Waals surface area contributed by atoms with E-state index in [4.69, 9.17) is 4.74 Å². The maximum absolute atomic E-state index is 13.3. The molecule has 2 saturated heterocycles. The average Bonchev–Trinajstić information content (AvgIpc) is 3.18. The first-order valence-corrected chi connectivity index (χ1v) is 13.5. The van der Waals surface area contributed by atoms with Crippen LogP contribution >= 0.6 is 11.3 Å². The molecule has 34 heavy (non-hydrogen) atoms. The third kappa shape index (κ3) is 3.78. The van der Waals surface area contributed by atoms with Gasteiger partial charge in [-0.25, -0.2) is 26.9 Å². The number of nitrogens with one attached hydrogen (secondary N) is 1. The van der Waals surface area contributed by atoms with E-state index < -0.39 is 22.0 Å². The Kier molecular flexibility index (Phi) is 5.00. The van der Waals surface area contributed by atoms with Gasteiger partial charge in [-0.05, 0) is 38.7 Å². The molecule has 9 nitrogen and oxygen atoms in total. The number of alkyl halides is 2. The van der Waals surface area contributed by atoms with E-state index in [1.807, 2.05) is 6.92 Å². The van der Waals surface area contributed by atoms with Gasteiger partial charge >= 0.3 is 0 Å². The molecule has 3 aromatic rings. The molecule has 0 atom stereocenters. The summed E-state index contributed by atoms with van der Waals surface area (Å²) in [6, 6.07) is 1.67. The van der Waals surface area contributed by atoms with Gasteiger partial charge in [-0.15, -0.1) is 10.2 Å². The van der Waals surface area contributed by atoms with E-state index in [1.54, 1.807) is 10.5 Å². The molecule has 0 amide bonds. The predicted octanol–water partition coefficient (Wildman–Crippen LogP) is 3.24. The molecule has 2 aliphatic heterocycles. The lowest BCUT2D eigenvalue weighted by Crippen LogP contribution is -2.51. The highest BCUT2D eigenvalue weighted by Crippen LogP contribution is 2.41. The van der Waals surface area contributed by atoms with Crippen LogP contribution in [-0.2, 0) is 14.8 Å². The Labute approximate surface area is 199 Å². The molecule has 1 spiro atoms. The van der Waals surface area contributed by atoms with Crippen molar-refractivity contribution in [3.8, 4) is 10.7 Å². The monoisotopic (exact) mass is 510 g/mol. The number of halogens is 2. The SMILES string of the molecule is CC1(NS(=O)(=O)c2cc(N3CCC4(CC3)COC4)c3ncc(-c4nnc(C(F)F)s4)n3c2)CC1. The number of ether oxygens (including phenoxy) is 1. The maximum Gasteiger partial charge on any atom is 0.291 e. The van der Waals surface area contributed by atoms with Crippen molar-refractivity contribution in [2.75, 3.05) is 31.2 Å². The van der Waals surface area contributed by atoms with Gasteiger partial charge in [0.25, 0.3) is 6.43 Å². The number of anilines is 1. The van der Waals surface area contributed by atoms with Gasteiger partial charge in [-0.2, -0.15) is 0 Å². The molecule has 0 bridgehead atoms. The molecule has 0 radical (unpaired) electrons. The highest BCUT2D eigenvalue weighted by Gasteiger charge is 2.43. The standard InChI is InChI=1S/C21H24F2N6O3S2/c1-20(2-3-20)27-34(30,31)13-8-14(28-6-4-21(5-7-28)11-32-12-21)17-24-9-15(29(17)10-13)18-25-26-19(33-18)16(22)23/h8-10,16,27H,2-7,11-12H2,1H3. The molecule has 3 fully saturated rings. The summed E-state index contributed by atoms with van der Waals surface area (Å²) in [4.78, 5) is 6.79. The smallest absolute Gasteiger partial charge is 0.291 e. The van der Waals surface area contributed by atoms with Crippen molar-refractivity contribution < 1.29 is 21.9 Å². The number of piperidine rings is 1. The summed E-state index contributed by atoms with van der Waals surface area (Å²) in [6.45, 7) is 4.92. The largest absolute Gasteiger partial charge is 0.380 e. The van der Waals surface area contributed by atoms with Gasteiger partial charge in [0.05, 0.1) is 25.1 Å². The van der Waals surface area contributed by atoms with Gasteiger partial charge < -0.3 is 9.64 Å². The second-order valence-corrected chi connectivity index (χ2v) is 12.5. The van der Waals surface area contributed by atoms with Crippen LogP contribution < -0.4 is 9.62 Å². The number of nitrogens with zero attached hydrogens (tertiary/aromatic N) is 5. The van der Waals surface area contributed by atoms with E-state index in [-0.39, 0.29) is 20.3 Å². The fraction of sp³-hybridized carbons (Fsp3) is 0.571. The van der Waals surface area contributed by atoms with Gasteiger partial charge in [0, 0.05) is 30.2 Å². The van der Waals surface area contributed by atoms with Crippen LogP contribution in [0, 0.1) is 5.41 Å². The summed E-state index contributed by atoms with van der Waals surface area (Å²) in [6.07, 6.45) is 3.78. The van der Waals surface area contributed by atoms with E-state index in [0.29, 0.717) is 17.0 Å². The highest BCUT2D eigenvalue weighted by molar-refractivity contribution is 7.89. The lowest BCUT2D eigenvalue weighted by molar-refractivity contribution is -0.124. The minimum atomic E-state index is -3.81.